The van der Waals surface area contributed by atoms with E-state index in [9.17, 15) is 23.4 Å². The van der Waals surface area contributed by atoms with Crippen LogP contribution in [0.1, 0.15) is 0 Å². The van der Waals surface area contributed by atoms with E-state index >= 15 is 0 Å². The second kappa shape index (κ2) is 5.59. The maximum absolute atomic E-state index is 12.0. The van der Waals surface area contributed by atoms with Crippen LogP contribution in [0.15, 0.2) is 31.3 Å². The van der Waals surface area contributed by atoms with Gasteiger partial charge in [-0.1, -0.05) is 0 Å². The summed E-state index contributed by atoms with van der Waals surface area (Å²) in [6.45, 7) is -0.369. The Morgan fingerprint density at radius 2 is 1.75 bits per heavy atom. The molecule has 2 aliphatic rings. The van der Waals surface area contributed by atoms with E-state index in [1.54, 1.807) is 0 Å². The third-order valence-corrected chi connectivity index (χ3v) is 4.19. The van der Waals surface area contributed by atoms with Crippen LogP contribution in [0, 0.1) is 10.4 Å². The van der Waals surface area contributed by atoms with Crippen molar-refractivity contribution in [1.82, 2.24) is 4.57 Å². The number of aliphatic hydroxyl groups is 1. The maximum Gasteiger partial charge on any atom is 0.265 e. The number of aliphatic hydroxyl groups excluding tert-OH is 1. The number of rotatable bonds is 5. The highest BCUT2D eigenvalue weighted by molar-refractivity contribution is 7.84. The average molecular weight is 297 g/mol. The third-order valence-electron chi connectivity index (χ3n) is 2.92. The van der Waals surface area contributed by atoms with Gasteiger partial charge in [-0.2, -0.15) is 0 Å². The van der Waals surface area contributed by atoms with Gasteiger partial charge < -0.3 is 5.11 Å². The molecule has 0 spiro atoms. The van der Waals surface area contributed by atoms with Crippen molar-refractivity contribution in [2.75, 3.05) is 18.1 Å². The van der Waals surface area contributed by atoms with Crippen LogP contribution in [0.5, 0.6) is 0 Å². The summed E-state index contributed by atoms with van der Waals surface area (Å²) in [6, 6.07) is 2.11. The Morgan fingerprint density at radius 1 is 1.05 bits per heavy atom. The second-order valence-corrected chi connectivity index (χ2v) is 5.85. The van der Waals surface area contributed by atoms with E-state index in [4.69, 9.17) is 5.11 Å². The molecule has 1 heterocycles. The molecule has 0 saturated heterocycles. The molecular weight excluding hydrogens is 286 g/mol. The molecule has 1 atom stereocenters. The number of hydrogen-bond donors (Lipinski definition) is 1. The highest BCUT2D eigenvalue weighted by Gasteiger charge is 2.14. The van der Waals surface area contributed by atoms with E-state index in [1.807, 2.05) is 0 Å². The number of nitrogens with zero attached hydrogens (tertiary/aromatic N) is 1. The minimum atomic E-state index is -1.36. The van der Waals surface area contributed by atoms with Gasteiger partial charge in [0.15, 0.2) is 0 Å². The monoisotopic (exact) mass is 297 g/mol. The summed E-state index contributed by atoms with van der Waals surface area (Å²) in [6.07, 6.45) is 0. The molecule has 2 rings (SSSR count). The summed E-state index contributed by atoms with van der Waals surface area (Å²) in [5.74, 6) is 0.0745. The van der Waals surface area contributed by atoms with Crippen molar-refractivity contribution in [1.29, 1.82) is 0 Å². The van der Waals surface area contributed by atoms with Gasteiger partial charge in [0.2, 0.25) is 10.9 Å². The molecular formula is C12H11NO6S. The average Bonchev–Trinajstić information content (AvgIpc) is 2.64. The zero-order valence-corrected chi connectivity index (χ0v) is 11.1. The van der Waals surface area contributed by atoms with Crippen LogP contribution in [0.3, 0.4) is 0 Å². The minimum Gasteiger partial charge on any atom is -0.395 e. The van der Waals surface area contributed by atoms with Crippen LogP contribution in [-0.2, 0) is 17.3 Å². The van der Waals surface area contributed by atoms with Crippen LogP contribution < -0.4 is 22.0 Å². The summed E-state index contributed by atoms with van der Waals surface area (Å²) in [5, 5.41) is 8.13. The van der Waals surface area contributed by atoms with E-state index in [1.165, 1.54) is 0 Å². The van der Waals surface area contributed by atoms with Crippen molar-refractivity contribution in [3.63, 3.8) is 0 Å². The predicted molar refractivity (Wildman–Crippen MR) is 72.1 cm³/mol. The molecule has 0 bridgehead atoms. The summed E-state index contributed by atoms with van der Waals surface area (Å²) in [5.41, 5.74) is -3.31. The molecule has 0 aromatic rings. The smallest absolute Gasteiger partial charge is 0.265 e. The fourth-order valence-corrected chi connectivity index (χ4v) is 2.72. The Balaban J connectivity index is 2.54. The summed E-state index contributed by atoms with van der Waals surface area (Å²) in [7, 11) is -1.36. The van der Waals surface area contributed by atoms with Crippen molar-refractivity contribution in [3.8, 4) is 0 Å². The molecule has 1 aliphatic heterocycles. The van der Waals surface area contributed by atoms with E-state index in [2.05, 4.69) is 0 Å². The molecule has 0 fully saturated rings. The highest BCUT2D eigenvalue weighted by atomic mass is 32.2. The van der Waals surface area contributed by atoms with Gasteiger partial charge in [0.1, 0.15) is 5.22 Å². The molecule has 20 heavy (non-hydrogen) atoms. The first kappa shape index (κ1) is 14.5. The molecule has 0 amide bonds. The van der Waals surface area contributed by atoms with Crippen molar-refractivity contribution >= 4 is 10.8 Å². The lowest BCUT2D eigenvalue weighted by Crippen LogP contribution is -2.32. The predicted octanol–water partition coefficient (Wildman–Crippen LogP) is -2.73. The van der Waals surface area contributed by atoms with Gasteiger partial charge >= 0.3 is 0 Å². The Morgan fingerprint density at radius 3 is 2.40 bits per heavy atom. The second-order valence-electron chi connectivity index (χ2n) is 4.15. The van der Waals surface area contributed by atoms with Gasteiger partial charge in [0, 0.05) is 28.9 Å². The molecule has 1 unspecified atom stereocenters. The summed E-state index contributed by atoms with van der Waals surface area (Å²) >= 11 is 0. The van der Waals surface area contributed by atoms with Gasteiger partial charge in [-0.05, 0) is 12.1 Å². The van der Waals surface area contributed by atoms with E-state index in [0.29, 0.717) is 0 Å². The summed E-state index contributed by atoms with van der Waals surface area (Å²) < 4.78 is 12.2. The van der Waals surface area contributed by atoms with Gasteiger partial charge in [0.25, 0.3) is 11.1 Å². The van der Waals surface area contributed by atoms with E-state index in [-0.39, 0.29) is 29.9 Å². The van der Waals surface area contributed by atoms with Gasteiger partial charge in [-0.25, -0.2) is 0 Å². The fourth-order valence-electron chi connectivity index (χ4n) is 1.93. The molecule has 7 nitrogen and oxygen atoms in total. The maximum atomic E-state index is 12.0. The van der Waals surface area contributed by atoms with Crippen molar-refractivity contribution in [2.45, 2.75) is 6.54 Å². The Bertz CT molecular complexity index is 921. The molecule has 0 aromatic carbocycles. The molecule has 0 radical (unpaired) electrons. The minimum absolute atomic E-state index is 0.0183. The topological polar surface area (TPSA) is 111 Å². The van der Waals surface area contributed by atoms with Crippen LogP contribution in [0.4, 0.5) is 0 Å². The highest BCUT2D eigenvalue weighted by Crippen LogP contribution is 1.87. The third kappa shape index (κ3) is 2.39. The molecule has 8 heteroatoms. The Hall–Kier alpha value is -1.93. The van der Waals surface area contributed by atoms with Crippen molar-refractivity contribution in [2.24, 2.45) is 0 Å². The SMILES string of the molecule is O=c1ccc2c(=O)n(CCS(=O)CCO)c(=O)c=2c1=O. The molecule has 106 valence electrons. The molecule has 0 aromatic heterocycles. The first-order chi connectivity index (χ1) is 9.47. The summed E-state index contributed by atoms with van der Waals surface area (Å²) in [4.78, 5) is 46.7. The lowest BCUT2D eigenvalue weighted by molar-refractivity contribution is 0.321. The van der Waals surface area contributed by atoms with E-state index < -0.39 is 38.0 Å². The van der Waals surface area contributed by atoms with Crippen molar-refractivity contribution in [3.05, 3.63) is 63.7 Å². The first-order valence-electron chi connectivity index (χ1n) is 5.80. The Kier molecular flexibility index (Phi) is 4.05. The van der Waals surface area contributed by atoms with E-state index in [0.717, 1.165) is 16.7 Å². The fraction of sp³-hybridized carbons (Fsp3) is 0.333. The zero-order chi connectivity index (χ0) is 14.9. The molecule has 1 N–H and O–H groups in total. The lowest BCUT2D eigenvalue weighted by atomic mass is 10.2. The van der Waals surface area contributed by atoms with Gasteiger partial charge in [0.05, 0.1) is 11.8 Å². The van der Waals surface area contributed by atoms with Crippen LogP contribution in [0.25, 0.3) is 0 Å². The van der Waals surface area contributed by atoms with Gasteiger partial charge in [-0.3, -0.25) is 28.0 Å². The standard InChI is InChI=1S/C12H11NO6S/c14-4-6-20(19)5-3-13-11(17)7-1-2-8(15)10(16)9(7)12(13)18/h1-2,14H,3-6H2. The van der Waals surface area contributed by atoms with Gasteiger partial charge in [-0.15, -0.1) is 0 Å². The zero-order valence-electron chi connectivity index (χ0n) is 10.3. The lowest BCUT2D eigenvalue weighted by Gasteiger charge is -2.00. The molecule has 0 saturated carbocycles. The normalized spacial score (nSPS) is 12.8. The van der Waals surface area contributed by atoms with Crippen LogP contribution >= 0.6 is 0 Å². The van der Waals surface area contributed by atoms with Crippen LogP contribution in [0.2, 0.25) is 0 Å². The quantitative estimate of drug-likeness (QED) is 0.600. The molecule has 1 aliphatic carbocycles. The van der Waals surface area contributed by atoms with Crippen LogP contribution in [-0.4, -0.2) is 32.0 Å². The Labute approximate surface area is 113 Å². The van der Waals surface area contributed by atoms with Crippen molar-refractivity contribution < 1.29 is 9.32 Å². The first-order valence-corrected chi connectivity index (χ1v) is 7.29. The number of aromatic nitrogens is 1. The number of hydrogen-bond acceptors (Lipinski definition) is 6. The largest absolute Gasteiger partial charge is 0.395 e.